The van der Waals surface area contributed by atoms with Crippen LogP contribution >= 0.6 is 0 Å². The predicted octanol–water partition coefficient (Wildman–Crippen LogP) is 3.11. The molecule has 0 fully saturated rings. The molecule has 3 unspecified atom stereocenters. The Morgan fingerprint density at radius 2 is 1.76 bits per heavy atom. The Labute approximate surface area is 105 Å². The molecule has 0 aliphatic heterocycles. The van der Waals surface area contributed by atoms with E-state index in [0.29, 0.717) is 12.1 Å². The van der Waals surface area contributed by atoms with E-state index in [4.69, 9.17) is 0 Å². The summed E-state index contributed by atoms with van der Waals surface area (Å²) in [6, 6.07) is 7.23. The first-order valence-electron chi connectivity index (χ1n) is 6.41. The highest BCUT2D eigenvalue weighted by Gasteiger charge is 2.11. The van der Waals surface area contributed by atoms with Crippen molar-refractivity contribution in [2.24, 2.45) is 0 Å². The first-order chi connectivity index (χ1) is 7.90. The largest absolute Gasteiger partial charge is 0.393 e. The van der Waals surface area contributed by atoms with E-state index in [0.717, 1.165) is 6.42 Å². The number of aliphatic hydroxyl groups excluding tert-OH is 1. The molecule has 2 nitrogen and oxygen atoms in total. The standard InChI is InChI=1S/C15H25NO/c1-10-6-7-15(8-11(10)2)14(5)16-12(3)9-13(4)17/h6-8,12-14,16-17H,9H2,1-5H3. The van der Waals surface area contributed by atoms with E-state index in [-0.39, 0.29) is 6.10 Å². The maximum Gasteiger partial charge on any atom is 0.0526 e. The molecule has 1 rings (SSSR count). The molecular weight excluding hydrogens is 210 g/mol. The summed E-state index contributed by atoms with van der Waals surface area (Å²) < 4.78 is 0. The molecule has 2 heteroatoms. The zero-order chi connectivity index (χ0) is 13.0. The third kappa shape index (κ3) is 4.49. The van der Waals surface area contributed by atoms with Crippen LogP contribution in [-0.4, -0.2) is 17.3 Å². The molecule has 3 atom stereocenters. The van der Waals surface area contributed by atoms with Crippen LogP contribution in [0.3, 0.4) is 0 Å². The van der Waals surface area contributed by atoms with E-state index >= 15 is 0 Å². The molecule has 0 aromatic heterocycles. The second kappa shape index (κ2) is 6.18. The first-order valence-corrected chi connectivity index (χ1v) is 6.41. The van der Waals surface area contributed by atoms with Crippen LogP contribution in [0, 0.1) is 13.8 Å². The molecule has 0 aliphatic rings. The summed E-state index contributed by atoms with van der Waals surface area (Å²) in [5.41, 5.74) is 3.97. The van der Waals surface area contributed by atoms with Gasteiger partial charge in [-0.1, -0.05) is 18.2 Å². The molecule has 0 heterocycles. The van der Waals surface area contributed by atoms with Crippen molar-refractivity contribution in [3.8, 4) is 0 Å². The third-order valence-corrected chi connectivity index (χ3v) is 3.26. The van der Waals surface area contributed by atoms with Gasteiger partial charge in [0.1, 0.15) is 0 Å². The molecule has 2 N–H and O–H groups in total. The quantitative estimate of drug-likeness (QED) is 0.822. The monoisotopic (exact) mass is 235 g/mol. The molecule has 0 amide bonds. The number of aryl methyl sites for hydroxylation is 2. The highest BCUT2D eigenvalue weighted by molar-refractivity contribution is 5.31. The fraction of sp³-hybridized carbons (Fsp3) is 0.600. The van der Waals surface area contributed by atoms with Gasteiger partial charge in [0.25, 0.3) is 0 Å². The number of hydrogen-bond donors (Lipinski definition) is 2. The Balaban J connectivity index is 2.63. The molecule has 0 saturated carbocycles. The van der Waals surface area contributed by atoms with Crippen LogP contribution in [-0.2, 0) is 0 Å². The van der Waals surface area contributed by atoms with Crippen LogP contribution in [0.2, 0.25) is 0 Å². The van der Waals surface area contributed by atoms with E-state index in [1.807, 2.05) is 6.92 Å². The number of hydrogen-bond acceptors (Lipinski definition) is 2. The summed E-state index contributed by atoms with van der Waals surface area (Å²) in [7, 11) is 0. The lowest BCUT2D eigenvalue weighted by atomic mass is 10.0. The smallest absolute Gasteiger partial charge is 0.0526 e. The summed E-state index contributed by atoms with van der Waals surface area (Å²) in [4.78, 5) is 0. The topological polar surface area (TPSA) is 32.3 Å². The van der Waals surface area contributed by atoms with Crippen molar-refractivity contribution < 1.29 is 5.11 Å². The maximum atomic E-state index is 9.35. The molecule has 0 bridgehead atoms. The zero-order valence-corrected chi connectivity index (χ0v) is 11.6. The molecular formula is C15H25NO. The molecule has 1 aromatic rings. The van der Waals surface area contributed by atoms with Gasteiger partial charge in [-0.05, 0) is 57.7 Å². The predicted molar refractivity (Wildman–Crippen MR) is 73.2 cm³/mol. The molecule has 0 spiro atoms. The van der Waals surface area contributed by atoms with Gasteiger partial charge in [-0.25, -0.2) is 0 Å². The van der Waals surface area contributed by atoms with E-state index in [2.05, 4.69) is 51.2 Å². The average Bonchev–Trinajstić information content (AvgIpc) is 2.20. The fourth-order valence-electron chi connectivity index (χ4n) is 2.14. The minimum Gasteiger partial charge on any atom is -0.393 e. The van der Waals surface area contributed by atoms with Crippen LogP contribution in [0.15, 0.2) is 18.2 Å². The van der Waals surface area contributed by atoms with Crippen LogP contribution in [0.25, 0.3) is 0 Å². The molecule has 1 aromatic carbocycles. The van der Waals surface area contributed by atoms with Gasteiger partial charge in [0.15, 0.2) is 0 Å². The highest BCUT2D eigenvalue weighted by Crippen LogP contribution is 2.17. The van der Waals surface area contributed by atoms with Crippen molar-refractivity contribution in [2.45, 2.75) is 59.2 Å². The Morgan fingerprint density at radius 1 is 1.12 bits per heavy atom. The van der Waals surface area contributed by atoms with Gasteiger partial charge in [0.2, 0.25) is 0 Å². The minimum atomic E-state index is -0.246. The molecule has 0 radical (unpaired) electrons. The van der Waals surface area contributed by atoms with E-state index in [9.17, 15) is 5.11 Å². The molecule has 0 saturated heterocycles. The van der Waals surface area contributed by atoms with Crippen molar-refractivity contribution >= 4 is 0 Å². The number of nitrogens with one attached hydrogen (secondary N) is 1. The fourth-order valence-corrected chi connectivity index (χ4v) is 2.14. The van der Waals surface area contributed by atoms with Gasteiger partial charge in [-0.15, -0.1) is 0 Å². The summed E-state index contributed by atoms with van der Waals surface area (Å²) in [5.74, 6) is 0. The summed E-state index contributed by atoms with van der Waals surface area (Å²) in [5, 5.41) is 12.9. The minimum absolute atomic E-state index is 0.246. The Kier molecular flexibility index (Phi) is 5.16. The highest BCUT2D eigenvalue weighted by atomic mass is 16.3. The van der Waals surface area contributed by atoms with Crippen LogP contribution in [0.5, 0.6) is 0 Å². The second-order valence-electron chi connectivity index (χ2n) is 5.22. The van der Waals surface area contributed by atoms with Crippen molar-refractivity contribution in [2.75, 3.05) is 0 Å². The van der Waals surface area contributed by atoms with Gasteiger partial charge in [0.05, 0.1) is 6.10 Å². The molecule has 17 heavy (non-hydrogen) atoms. The number of benzene rings is 1. The lowest BCUT2D eigenvalue weighted by Gasteiger charge is -2.22. The van der Waals surface area contributed by atoms with Gasteiger partial charge >= 0.3 is 0 Å². The van der Waals surface area contributed by atoms with Crippen LogP contribution in [0.4, 0.5) is 0 Å². The SMILES string of the molecule is Cc1ccc(C(C)NC(C)CC(C)O)cc1C. The first kappa shape index (κ1) is 14.2. The van der Waals surface area contributed by atoms with E-state index < -0.39 is 0 Å². The van der Waals surface area contributed by atoms with E-state index in [1.54, 1.807) is 0 Å². The van der Waals surface area contributed by atoms with Crippen molar-refractivity contribution in [3.05, 3.63) is 34.9 Å². The number of aliphatic hydroxyl groups is 1. The lowest BCUT2D eigenvalue weighted by molar-refractivity contribution is 0.168. The normalized spacial score (nSPS) is 16.6. The Morgan fingerprint density at radius 3 is 2.29 bits per heavy atom. The molecule has 0 aliphatic carbocycles. The average molecular weight is 235 g/mol. The summed E-state index contributed by atoms with van der Waals surface area (Å²) >= 11 is 0. The summed E-state index contributed by atoms with van der Waals surface area (Å²) in [6.07, 6.45) is 0.541. The van der Waals surface area contributed by atoms with Gasteiger partial charge in [0, 0.05) is 12.1 Å². The second-order valence-corrected chi connectivity index (χ2v) is 5.22. The van der Waals surface area contributed by atoms with Crippen LogP contribution in [0.1, 0.15) is 49.9 Å². The van der Waals surface area contributed by atoms with Gasteiger partial charge < -0.3 is 10.4 Å². The van der Waals surface area contributed by atoms with Gasteiger partial charge in [-0.3, -0.25) is 0 Å². The number of rotatable bonds is 5. The third-order valence-electron chi connectivity index (χ3n) is 3.26. The Bertz CT molecular complexity index is 360. The van der Waals surface area contributed by atoms with Crippen molar-refractivity contribution in [1.82, 2.24) is 5.32 Å². The molecule has 96 valence electrons. The maximum absolute atomic E-state index is 9.35. The Hall–Kier alpha value is -0.860. The van der Waals surface area contributed by atoms with Gasteiger partial charge in [-0.2, -0.15) is 0 Å². The van der Waals surface area contributed by atoms with Crippen molar-refractivity contribution in [1.29, 1.82) is 0 Å². The van der Waals surface area contributed by atoms with E-state index in [1.165, 1.54) is 16.7 Å². The van der Waals surface area contributed by atoms with Crippen LogP contribution < -0.4 is 5.32 Å². The lowest BCUT2D eigenvalue weighted by Crippen LogP contribution is -2.31. The summed E-state index contributed by atoms with van der Waals surface area (Å²) in [6.45, 7) is 10.4. The zero-order valence-electron chi connectivity index (χ0n) is 11.6. The van der Waals surface area contributed by atoms with Crippen molar-refractivity contribution in [3.63, 3.8) is 0 Å².